The molecule has 3 rings (SSSR count). The lowest BCUT2D eigenvalue weighted by Gasteiger charge is -2.43. The third-order valence-corrected chi connectivity index (χ3v) is 6.19. The van der Waals surface area contributed by atoms with Gasteiger partial charge in [0.25, 0.3) is 0 Å². The molecule has 10 heteroatoms. The van der Waals surface area contributed by atoms with Crippen LogP contribution in [0.4, 0.5) is 14.0 Å². The zero-order valence-corrected chi connectivity index (χ0v) is 21.1. The zero-order chi connectivity index (χ0) is 25.7. The molecule has 4 amide bonds. The molecule has 0 aliphatic carbocycles. The topological polar surface area (TPSA) is 94.2 Å². The number of hydrogen-bond donors (Lipinski definition) is 2. The molecule has 2 N–H and O–H groups in total. The van der Waals surface area contributed by atoms with Crippen molar-refractivity contribution in [3.8, 4) is 0 Å². The minimum Gasteiger partial charge on any atom is -0.463 e. The number of ether oxygens (including phenoxy) is 1. The number of rotatable bonds is 7. The Balaban J connectivity index is 1.94. The van der Waals surface area contributed by atoms with Gasteiger partial charge in [0.2, 0.25) is 0 Å². The SMILES string of the molecule is CCOC(=O)C1=C(CN2CCN(C(=O)NC(C)C)C(C)C2)N(CC)C(=O)NC1c1cccc(F)c1. The van der Waals surface area contributed by atoms with Gasteiger partial charge in [0.05, 0.1) is 18.2 Å². The fraction of sp³-hybridized carbons (Fsp3) is 0.560. The quantitative estimate of drug-likeness (QED) is 0.575. The molecule has 0 bridgehead atoms. The van der Waals surface area contributed by atoms with Crippen molar-refractivity contribution in [2.45, 2.75) is 52.7 Å². The van der Waals surface area contributed by atoms with Gasteiger partial charge in [0.15, 0.2) is 0 Å². The van der Waals surface area contributed by atoms with Crippen molar-refractivity contribution < 1.29 is 23.5 Å². The van der Waals surface area contributed by atoms with Crippen molar-refractivity contribution in [1.29, 1.82) is 0 Å². The second-order valence-corrected chi connectivity index (χ2v) is 9.14. The summed E-state index contributed by atoms with van der Waals surface area (Å²) in [4.78, 5) is 44.2. The summed E-state index contributed by atoms with van der Waals surface area (Å²) in [5, 5.41) is 5.78. The maximum atomic E-state index is 14.0. The second kappa shape index (κ2) is 11.5. The van der Waals surface area contributed by atoms with Gasteiger partial charge < -0.3 is 20.3 Å². The van der Waals surface area contributed by atoms with E-state index in [2.05, 4.69) is 15.5 Å². The van der Waals surface area contributed by atoms with Crippen LogP contribution >= 0.6 is 0 Å². The molecule has 2 atom stereocenters. The third kappa shape index (κ3) is 6.11. The van der Waals surface area contributed by atoms with Crippen LogP contribution in [-0.2, 0) is 9.53 Å². The molecule has 35 heavy (non-hydrogen) atoms. The van der Waals surface area contributed by atoms with E-state index in [1.165, 1.54) is 17.0 Å². The summed E-state index contributed by atoms with van der Waals surface area (Å²) in [6.07, 6.45) is 0. The number of urea groups is 2. The predicted molar refractivity (Wildman–Crippen MR) is 130 cm³/mol. The highest BCUT2D eigenvalue weighted by Gasteiger charge is 2.39. The number of esters is 1. The molecular formula is C25H36FN5O4. The van der Waals surface area contributed by atoms with E-state index in [1.807, 2.05) is 27.7 Å². The Bertz CT molecular complexity index is 982. The Morgan fingerprint density at radius 3 is 2.60 bits per heavy atom. The number of likely N-dealkylation sites (N-methyl/N-ethyl adjacent to an activating group) is 1. The zero-order valence-electron chi connectivity index (χ0n) is 21.1. The average molecular weight is 490 g/mol. The van der Waals surface area contributed by atoms with Gasteiger partial charge >= 0.3 is 18.0 Å². The van der Waals surface area contributed by atoms with Crippen molar-refractivity contribution >= 4 is 18.0 Å². The number of hydrogen-bond acceptors (Lipinski definition) is 5. The number of carbonyl (C=O) groups is 3. The van der Waals surface area contributed by atoms with Gasteiger partial charge in [-0.1, -0.05) is 12.1 Å². The maximum absolute atomic E-state index is 14.0. The number of benzene rings is 1. The van der Waals surface area contributed by atoms with Crippen LogP contribution in [0.3, 0.4) is 0 Å². The fourth-order valence-electron chi connectivity index (χ4n) is 4.61. The Hall–Kier alpha value is -3.14. The molecule has 1 aromatic rings. The van der Waals surface area contributed by atoms with Gasteiger partial charge in [-0.25, -0.2) is 18.8 Å². The van der Waals surface area contributed by atoms with E-state index in [4.69, 9.17) is 4.74 Å². The molecule has 1 fully saturated rings. The lowest BCUT2D eigenvalue weighted by atomic mass is 9.94. The van der Waals surface area contributed by atoms with Gasteiger partial charge in [-0.2, -0.15) is 0 Å². The average Bonchev–Trinajstić information content (AvgIpc) is 2.78. The van der Waals surface area contributed by atoms with Gasteiger partial charge in [0.1, 0.15) is 5.82 Å². The maximum Gasteiger partial charge on any atom is 0.338 e. The van der Waals surface area contributed by atoms with Crippen LogP contribution in [0.5, 0.6) is 0 Å². The van der Waals surface area contributed by atoms with Crippen molar-refractivity contribution in [1.82, 2.24) is 25.3 Å². The number of piperazine rings is 1. The van der Waals surface area contributed by atoms with Crippen molar-refractivity contribution in [2.75, 3.05) is 39.3 Å². The van der Waals surface area contributed by atoms with Crippen LogP contribution in [0.1, 0.15) is 46.2 Å². The fourth-order valence-corrected chi connectivity index (χ4v) is 4.61. The van der Waals surface area contributed by atoms with Crippen LogP contribution in [0.15, 0.2) is 35.5 Å². The van der Waals surface area contributed by atoms with Gasteiger partial charge in [-0.3, -0.25) is 9.80 Å². The molecule has 0 aromatic heterocycles. The number of halogens is 1. The Morgan fingerprint density at radius 2 is 2.00 bits per heavy atom. The highest BCUT2D eigenvalue weighted by Crippen LogP contribution is 2.32. The molecule has 1 aromatic carbocycles. The van der Waals surface area contributed by atoms with Gasteiger partial charge in [0, 0.05) is 50.5 Å². The molecule has 2 unspecified atom stereocenters. The van der Waals surface area contributed by atoms with E-state index in [9.17, 15) is 18.8 Å². The Kier molecular flexibility index (Phi) is 8.71. The summed E-state index contributed by atoms with van der Waals surface area (Å²) in [5.74, 6) is -0.998. The molecule has 192 valence electrons. The van der Waals surface area contributed by atoms with E-state index in [0.717, 1.165) is 0 Å². The number of nitrogens with zero attached hydrogens (tertiary/aromatic N) is 3. The van der Waals surface area contributed by atoms with Gasteiger partial charge in [-0.05, 0) is 52.3 Å². The molecule has 0 spiro atoms. The molecule has 1 saturated heterocycles. The number of carbonyl (C=O) groups excluding carboxylic acids is 3. The lowest BCUT2D eigenvalue weighted by Crippen LogP contribution is -2.58. The van der Waals surface area contributed by atoms with E-state index in [-0.39, 0.29) is 30.8 Å². The van der Waals surface area contributed by atoms with Crippen molar-refractivity contribution in [3.63, 3.8) is 0 Å². The molecular weight excluding hydrogens is 453 g/mol. The summed E-state index contributed by atoms with van der Waals surface area (Å²) < 4.78 is 19.4. The Labute approximate surface area is 206 Å². The highest BCUT2D eigenvalue weighted by molar-refractivity contribution is 5.95. The summed E-state index contributed by atoms with van der Waals surface area (Å²) in [7, 11) is 0. The first-order chi connectivity index (χ1) is 16.7. The van der Waals surface area contributed by atoms with Crippen LogP contribution in [-0.4, -0.2) is 84.1 Å². The normalized spacial score (nSPS) is 21.3. The first-order valence-corrected chi connectivity index (χ1v) is 12.2. The molecule has 9 nitrogen and oxygen atoms in total. The lowest BCUT2D eigenvalue weighted by molar-refractivity contribution is -0.139. The monoisotopic (exact) mass is 489 g/mol. The van der Waals surface area contributed by atoms with E-state index >= 15 is 0 Å². The molecule has 2 aliphatic heterocycles. The minimum atomic E-state index is -0.828. The summed E-state index contributed by atoms with van der Waals surface area (Å²) in [5.41, 5.74) is 1.31. The largest absolute Gasteiger partial charge is 0.463 e. The summed E-state index contributed by atoms with van der Waals surface area (Å²) >= 11 is 0. The van der Waals surface area contributed by atoms with Crippen molar-refractivity contribution in [2.24, 2.45) is 0 Å². The minimum absolute atomic E-state index is 0.0450. The van der Waals surface area contributed by atoms with Crippen LogP contribution < -0.4 is 10.6 Å². The van der Waals surface area contributed by atoms with E-state index in [1.54, 1.807) is 24.0 Å². The summed E-state index contributed by atoms with van der Waals surface area (Å²) in [6.45, 7) is 11.9. The predicted octanol–water partition coefficient (Wildman–Crippen LogP) is 2.85. The second-order valence-electron chi connectivity index (χ2n) is 9.14. The molecule has 0 saturated carbocycles. The van der Waals surface area contributed by atoms with Crippen LogP contribution in [0, 0.1) is 5.82 Å². The van der Waals surface area contributed by atoms with E-state index < -0.39 is 17.8 Å². The van der Waals surface area contributed by atoms with E-state index in [0.29, 0.717) is 49.6 Å². The summed E-state index contributed by atoms with van der Waals surface area (Å²) in [6, 6.07) is 4.57. The molecule has 2 heterocycles. The first-order valence-electron chi connectivity index (χ1n) is 12.2. The number of amides is 4. The van der Waals surface area contributed by atoms with Crippen molar-refractivity contribution in [3.05, 3.63) is 46.9 Å². The van der Waals surface area contributed by atoms with Gasteiger partial charge in [-0.15, -0.1) is 0 Å². The molecule has 2 aliphatic rings. The third-order valence-electron chi connectivity index (χ3n) is 6.19. The number of nitrogens with one attached hydrogen (secondary N) is 2. The first kappa shape index (κ1) is 26.5. The highest BCUT2D eigenvalue weighted by atomic mass is 19.1. The molecule has 0 radical (unpaired) electrons. The smallest absolute Gasteiger partial charge is 0.338 e. The van der Waals surface area contributed by atoms with Crippen LogP contribution in [0.2, 0.25) is 0 Å². The van der Waals surface area contributed by atoms with Crippen LogP contribution in [0.25, 0.3) is 0 Å². The standard InChI is InChI=1S/C25H36FN5O4/c1-6-30-20(15-29-11-12-31(17(5)14-29)24(33)27-16(3)4)21(23(32)35-7-2)22(28-25(30)34)18-9-8-10-19(26)13-18/h8-10,13,16-17,22H,6-7,11-12,14-15H2,1-5H3,(H,27,33)(H,28,34). The Morgan fingerprint density at radius 1 is 1.26 bits per heavy atom.